The third-order valence-electron chi connectivity index (χ3n) is 3.05. The SMILES string of the molecule is COC(=O)C(C)(CCC(C)C)Nc1ccccc1. The molecule has 0 aliphatic rings. The van der Waals surface area contributed by atoms with E-state index in [1.807, 2.05) is 37.3 Å². The van der Waals surface area contributed by atoms with Crippen molar-refractivity contribution in [1.29, 1.82) is 0 Å². The van der Waals surface area contributed by atoms with Crippen LogP contribution in [0.5, 0.6) is 0 Å². The zero-order valence-electron chi connectivity index (χ0n) is 11.7. The van der Waals surface area contributed by atoms with E-state index in [0.717, 1.165) is 18.5 Å². The lowest BCUT2D eigenvalue weighted by atomic mass is 9.91. The van der Waals surface area contributed by atoms with Crippen LogP contribution in [0, 0.1) is 5.92 Å². The van der Waals surface area contributed by atoms with Crippen molar-refractivity contribution in [3.8, 4) is 0 Å². The maximum Gasteiger partial charge on any atom is 0.331 e. The van der Waals surface area contributed by atoms with Crippen LogP contribution in [-0.4, -0.2) is 18.6 Å². The first-order valence-electron chi connectivity index (χ1n) is 6.39. The van der Waals surface area contributed by atoms with Gasteiger partial charge in [-0.25, -0.2) is 4.79 Å². The summed E-state index contributed by atoms with van der Waals surface area (Å²) in [5, 5.41) is 3.29. The highest BCUT2D eigenvalue weighted by Crippen LogP contribution is 2.23. The van der Waals surface area contributed by atoms with Crippen molar-refractivity contribution >= 4 is 11.7 Å². The molecule has 0 aliphatic heterocycles. The van der Waals surface area contributed by atoms with Crippen LogP contribution in [-0.2, 0) is 9.53 Å². The minimum Gasteiger partial charge on any atom is -0.467 e. The van der Waals surface area contributed by atoms with E-state index in [9.17, 15) is 4.79 Å². The molecule has 0 fully saturated rings. The number of rotatable bonds is 6. The molecule has 0 bridgehead atoms. The van der Waals surface area contributed by atoms with Crippen molar-refractivity contribution in [3.63, 3.8) is 0 Å². The Morgan fingerprint density at radius 2 is 1.94 bits per heavy atom. The molecule has 18 heavy (non-hydrogen) atoms. The number of hydrogen-bond donors (Lipinski definition) is 1. The number of carbonyl (C=O) groups is 1. The second kappa shape index (κ2) is 6.43. The van der Waals surface area contributed by atoms with Gasteiger partial charge in [-0.15, -0.1) is 0 Å². The van der Waals surface area contributed by atoms with Crippen LogP contribution < -0.4 is 5.32 Å². The van der Waals surface area contributed by atoms with Gasteiger partial charge < -0.3 is 10.1 Å². The first kappa shape index (κ1) is 14.6. The maximum absolute atomic E-state index is 12.0. The van der Waals surface area contributed by atoms with Crippen molar-refractivity contribution < 1.29 is 9.53 Å². The lowest BCUT2D eigenvalue weighted by Crippen LogP contribution is -2.44. The second-order valence-electron chi connectivity index (χ2n) is 5.25. The second-order valence-corrected chi connectivity index (χ2v) is 5.25. The number of carbonyl (C=O) groups excluding carboxylic acids is 1. The van der Waals surface area contributed by atoms with Crippen LogP contribution in [0.4, 0.5) is 5.69 Å². The number of anilines is 1. The van der Waals surface area contributed by atoms with Gasteiger partial charge >= 0.3 is 5.97 Å². The third-order valence-corrected chi connectivity index (χ3v) is 3.05. The lowest BCUT2D eigenvalue weighted by molar-refractivity contribution is -0.145. The van der Waals surface area contributed by atoms with Gasteiger partial charge in [0.15, 0.2) is 0 Å². The Morgan fingerprint density at radius 3 is 2.44 bits per heavy atom. The number of nitrogens with one attached hydrogen (secondary N) is 1. The molecule has 0 spiro atoms. The zero-order valence-corrected chi connectivity index (χ0v) is 11.7. The fraction of sp³-hybridized carbons (Fsp3) is 0.533. The summed E-state index contributed by atoms with van der Waals surface area (Å²) in [4.78, 5) is 12.0. The van der Waals surface area contributed by atoms with E-state index in [4.69, 9.17) is 4.74 Å². The number of esters is 1. The standard InChI is InChI=1S/C15H23NO2/c1-12(2)10-11-15(3,14(17)18-4)16-13-8-6-5-7-9-13/h5-9,12,16H,10-11H2,1-4H3. The fourth-order valence-corrected chi connectivity index (χ4v) is 1.86. The van der Waals surface area contributed by atoms with Crippen molar-refractivity contribution in [1.82, 2.24) is 0 Å². The van der Waals surface area contributed by atoms with E-state index in [0.29, 0.717) is 5.92 Å². The van der Waals surface area contributed by atoms with Gasteiger partial charge in [-0.3, -0.25) is 0 Å². The molecule has 100 valence electrons. The van der Waals surface area contributed by atoms with Gasteiger partial charge in [-0.1, -0.05) is 32.0 Å². The van der Waals surface area contributed by atoms with Crippen LogP contribution >= 0.6 is 0 Å². The summed E-state index contributed by atoms with van der Waals surface area (Å²) < 4.78 is 4.92. The molecule has 0 aromatic heterocycles. The van der Waals surface area contributed by atoms with Crippen molar-refractivity contribution in [2.45, 2.75) is 39.2 Å². The van der Waals surface area contributed by atoms with Gasteiger partial charge in [-0.2, -0.15) is 0 Å². The molecule has 0 heterocycles. The normalized spacial score (nSPS) is 14.1. The number of ether oxygens (including phenoxy) is 1. The highest BCUT2D eigenvalue weighted by Gasteiger charge is 2.33. The minimum absolute atomic E-state index is 0.216. The summed E-state index contributed by atoms with van der Waals surface area (Å²) in [5.41, 5.74) is 0.273. The molecule has 1 aromatic carbocycles. The first-order valence-corrected chi connectivity index (χ1v) is 6.39. The van der Waals surface area contributed by atoms with E-state index in [1.54, 1.807) is 0 Å². The summed E-state index contributed by atoms with van der Waals surface area (Å²) in [6.07, 6.45) is 1.73. The van der Waals surface area contributed by atoms with Gasteiger partial charge in [-0.05, 0) is 37.8 Å². The molecule has 1 aromatic rings. The quantitative estimate of drug-likeness (QED) is 0.785. The Hall–Kier alpha value is -1.51. The first-order chi connectivity index (χ1) is 8.48. The number of methoxy groups -OCH3 is 1. The summed E-state index contributed by atoms with van der Waals surface area (Å²) in [7, 11) is 1.43. The van der Waals surface area contributed by atoms with Crippen LogP contribution in [0.1, 0.15) is 33.6 Å². The molecule has 1 N–H and O–H groups in total. The molecule has 0 radical (unpaired) electrons. The molecule has 1 unspecified atom stereocenters. The highest BCUT2D eigenvalue weighted by atomic mass is 16.5. The fourth-order valence-electron chi connectivity index (χ4n) is 1.86. The monoisotopic (exact) mass is 249 g/mol. The predicted octanol–water partition coefficient (Wildman–Crippen LogP) is 3.47. The van der Waals surface area contributed by atoms with Crippen LogP contribution in [0.25, 0.3) is 0 Å². The maximum atomic E-state index is 12.0. The van der Waals surface area contributed by atoms with Crippen LogP contribution in [0.3, 0.4) is 0 Å². The molecule has 0 aliphatic carbocycles. The number of para-hydroxylation sites is 1. The topological polar surface area (TPSA) is 38.3 Å². The van der Waals surface area contributed by atoms with Gasteiger partial charge in [0.05, 0.1) is 7.11 Å². The molecule has 3 heteroatoms. The average Bonchev–Trinajstić information content (AvgIpc) is 2.36. The Kier molecular flexibility index (Phi) is 5.20. The molecule has 0 saturated carbocycles. The lowest BCUT2D eigenvalue weighted by Gasteiger charge is -2.29. The number of benzene rings is 1. The van der Waals surface area contributed by atoms with E-state index in [2.05, 4.69) is 19.2 Å². The van der Waals surface area contributed by atoms with E-state index in [1.165, 1.54) is 7.11 Å². The van der Waals surface area contributed by atoms with Crippen LogP contribution in [0.2, 0.25) is 0 Å². The Bertz CT molecular complexity index is 375. The van der Waals surface area contributed by atoms with E-state index in [-0.39, 0.29) is 5.97 Å². The largest absolute Gasteiger partial charge is 0.467 e. The molecule has 3 nitrogen and oxygen atoms in total. The zero-order chi connectivity index (χ0) is 13.6. The van der Waals surface area contributed by atoms with Gasteiger partial charge in [0.2, 0.25) is 0 Å². The van der Waals surface area contributed by atoms with Gasteiger partial charge in [0.25, 0.3) is 0 Å². The molecule has 1 rings (SSSR count). The summed E-state index contributed by atoms with van der Waals surface area (Å²) in [5.74, 6) is 0.346. The van der Waals surface area contributed by atoms with Gasteiger partial charge in [0.1, 0.15) is 5.54 Å². The molecule has 1 atom stereocenters. The summed E-state index contributed by atoms with van der Waals surface area (Å²) in [6, 6.07) is 9.76. The molecule has 0 saturated heterocycles. The Balaban J connectivity index is 2.80. The molecular formula is C15H23NO2. The summed E-state index contributed by atoms with van der Waals surface area (Å²) in [6.45, 7) is 6.20. The highest BCUT2D eigenvalue weighted by molar-refractivity contribution is 5.83. The average molecular weight is 249 g/mol. The predicted molar refractivity (Wildman–Crippen MR) is 74.6 cm³/mol. The molecular weight excluding hydrogens is 226 g/mol. The smallest absolute Gasteiger partial charge is 0.331 e. The minimum atomic E-state index is -0.666. The van der Waals surface area contributed by atoms with Gasteiger partial charge in [0, 0.05) is 5.69 Å². The van der Waals surface area contributed by atoms with E-state index < -0.39 is 5.54 Å². The van der Waals surface area contributed by atoms with Crippen molar-refractivity contribution in [2.75, 3.05) is 12.4 Å². The van der Waals surface area contributed by atoms with Crippen molar-refractivity contribution in [2.24, 2.45) is 5.92 Å². The number of hydrogen-bond acceptors (Lipinski definition) is 3. The third kappa shape index (κ3) is 4.06. The Morgan fingerprint density at radius 1 is 1.33 bits per heavy atom. The Labute approximate surface area is 110 Å². The van der Waals surface area contributed by atoms with E-state index >= 15 is 0 Å². The molecule has 0 amide bonds. The van der Waals surface area contributed by atoms with Crippen molar-refractivity contribution in [3.05, 3.63) is 30.3 Å². The summed E-state index contributed by atoms with van der Waals surface area (Å²) >= 11 is 0. The van der Waals surface area contributed by atoms with Crippen LogP contribution in [0.15, 0.2) is 30.3 Å².